The summed E-state index contributed by atoms with van der Waals surface area (Å²) < 4.78 is 39.0. The second-order valence-electron chi connectivity index (χ2n) is 5.01. The van der Waals surface area contributed by atoms with Crippen LogP contribution < -0.4 is 5.32 Å². The number of carbonyl (C=O) groups excluding carboxylic acids is 1. The Bertz CT molecular complexity index is 478. The van der Waals surface area contributed by atoms with Gasteiger partial charge in [-0.2, -0.15) is 0 Å². The van der Waals surface area contributed by atoms with Crippen LogP contribution in [0.4, 0.5) is 18.9 Å². The molecule has 1 fully saturated rings. The number of halogens is 3. The molecule has 20 heavy (non-hydrogen) atoms. The number of benzene rings is 1. The fraction of sp³-hybridized carbons (Fsp3) is 0.500. The van der Waals surface area contributed by atoms with Gasteiger partial charge >= 0.3 is 0 Å². The van der Waals surface area contributed by atoms with E-state index >= 15 is 0 Å². The molecular formula is C14H17F3N2O. The van der Waals surface area contributed by atoms with E-state index in [2.05, 4.69) is 5.32 Å². The highest BCUT2D eigenvalue weighted by Crippen LogP contribution is 2.19. The van der Waals surface area contributed by atoms with Crippen LogP contribution in [0, 0.1) is 17.5 Å². The molecule has 1 amide bonds. The van der Waals surface area contributed by atoms with Crippen molar-refractivity contribution >= 4 is 11.6 Å². The lowest BCUT2D eigenvalue weighted by molar-refractivity contribution is -0.132. The Kier molecular flexibility index (Phi) is 4.52. The predicted molar refractivity (Wildman–Crippen MR) is 69.8 cm³/mol. The molecule has 1 unspecified atom stereocenters. The molecule has 1 aromatic rings. The zero-order valence-corrected chi connectivity index (χ0v) is 11.3. The van der Waals surface area contributed by atoms with Gasteiger partial charge in [0.2, 0.25) is 5.91 Å². The molecule has 3 nitrogen and oxygen atoms in total. The Hall–Kier alpha value is -1.72. The summed E-state index contributed by atoms with van der Waals surface area (Å²) >= 11 is 0. The van der Waals surface area contributed by atoms with E-state index in [1.165, 1.54) is 0 Å². The summed E-state index contributed by atoms with van der Waals surface area (Å²) in [6.45, 7) is 3.03. The number of likely N-dealkylation sites (tertiary alicyclic amines) is 1. The average molecular weight is 286 g/mol. The van der Waals surface area contributed by atoms with Crippen molar-refractivity contribution in [1.29, 1.82) is 0 Å². The maximum absolute atomic E-state index is 13.1. The van der Waals surface area contributed by atoms with Gasteiger partial charge in [0.05, 0.1) is 0 Å². The molecule has 110 valence electrons. The van der Waals surface area contributed by atoms with Crippen LogP contribution in [-0.4, -0.2) is 29.9 Å². The van der Waals surface area contributed by atoms with Crippen LogP contribution >= 0.6 is 0 Å². The van der Waals surface area contributed by atoms with Crippen molar-refractivity contribution in [2.24, 2.45) is 0 Å². The van der Waals surface area contributed by atoms with Crippen LogP contribution in [0.1, 0.15) is 26.2 Å². The second kappa shape index (κ2) is 6.15. The quantitative estimate of drug-likeness (QED) is 0.867. The fourth-order valence-corrected chi connectivity index (χ4v) is 2.34. The van der Waals surface area contributed by atoms with Crippen molar-refractivity contribution in [3.05, 3.63) is 29.6 Å². The number of nitrogens with one attached hydrogen (secondary N) is 1. The summed E-state index contributed by atoms with van der Waals surface area (Å²) in [7, 11) is 0. The van der Waals surface area contributed by atoms with Crippen LogP contribution in [0.2, 0.25) is 0 Å². The van der Waals surface area contributed by atoms with Gasteiger partial charge in [0, 0.05) is 30.9 Å². The number of carbonyl (C=O) groups is 1. The number of amides is 1. The number of piperidine rings is 1. The fourth-order valence-electron chi connectivity index (χ4n) is 2.34. The molecule has 1 N–H and O–H groups in total. The molecule has 1 aliphatic heterocycles. The summed E-state index contributed by atoms with van der Waals surface area (Å²) in [4.78, 5) is 13.9. The molecular weight excluding hydrogens is 269 g/mol. The maximum atomic E-state index is 13.1. The first kappa shape index (κ1) is 14.7. The number of hydrogen-bond acceptors (Lipinski definition) is 2. The molecule has 2 rings (SSSR count). The highest BCUT2D eigenvalue weighted by Gasteiger charge is 2.22. The Morgan fingerprint density at radius 1 is 1.15 bits per heavy atom. The van der Waals surface area contributed by atoms with Gasteiger partial charge in [-0.05, 0) is 26.2 Å². The molecule has 1 heterocycles. The van der Waals surface area contributed by atoms with E-state index in [1.54, 1.807) is 11.8 Å². The first-order valence-corrected chi connectivity index (χ1v) is 6.69. The number of nitrogens with zero attached hydrogens (tertiary/aromatic N) is 1. The van der Waals surface area contributed by atoms with Crippen molar-refractivity contribution < 1.29 is 18.0 Å². The summed E-state index contributed by atoms with van der Waals surface area (Å²) in [6.07, 6.45) is 3.05. The first-order chi connectivity index (χ1) is 9.49. The molecule has 1 saturated heterocycles. The largest absolute Gasteiger partial charge is 0.374 e. The number of anilines is 1. The average Bonchev–Trinajstić information content (AvgIpc) is 2.44. The third-order valence-electron chi connectivity index (χ3n) is 3.41. The van der Waals surface area contributed by atoms with Crippen molar-refractivity contribution in [2.75, 3.05) is 18.4 Å². The van der Waals surface area contributed by atoms with Gasteiger partial charge in [-0.15, -0.1) is 0 Å². The zero-order valence-electron chi connectivity index (χ0n) is 11.3. The zero-order chi connectivity index (χ0) is 14.7. The minimum atomic E-state index is -1.51. The number of hydrogen-bond donors (Lipinski definition) is 1. The minimum Gasteiger partial charge on any atom is -0.374 e. The highest BCUT2D eigenvalue weighted by molar-refractivity contribution is 5.84. The SMILES string of the molecule is CC(Nc1cc(F)c(F)c(F)c1)C(=O)N1CCCCC1. The summed E-state index contributed by atoms with van der Waals surface area (Å²) in [5, 5.41) is 2.71. The van der Waals surface area contributed by atoms with E-state index in [-0.39, 0.29) is 11.6 Å². The van der Waals surface area contributed by atoms with Crippen LogP contribution in [0.15, 0.2) is 12.1 Å². The normalized spacial score (nSPS) is 16.9. The van der Waals surface area contributed by atoms with Crippen molar-refractivity contribution in [3.8, 4) is 0 Å². The van der Waals surface area contributed by atoms with Gasteiger partial charge in [0.25, 0.3) is 0 Å². The van der Waals surface area contributed by atoms with Crippen LogP contribution in [-0.2, 0) is 4.79 Å². The minimum absolute atomic E-state index is 0.0549. The Labute approximate surface area is 115 Å². The van der Waals surface area contributed by atoms with Gasteiger partial charge in [-0.3, -0.25) is 4.79 Å². The lowest BCUT2D eigenvalue weighted by Crippen LogP contribution is -2.43. The Morgan fingerprint density at radius 2 is 1.70 bits per heavy atom. The van der Waals surface area contributed by atoms with Crippen molar-refractivity contribution in [1.82, 2.24) is 4.90 Å². The lowest BCUT2D eigenvalue weighted by atomic mass is 10.1. The predicted octanol–water partition coefficient (Wildman–Crippen LogP) is 2.92. The lowest BCUT2D eigenvalue weighted by Gasteiger charge is -2.29. The first-order valence-electron chi connectivity index (χ1n) is 6.69. The second-order valence-corrected chi connectivity index (χ2v) is 5.01. The van der Waals surface area contributed by atoms with E-state index in [1.807, 2.05) is 0 Å². The molecule has 1 aliphatic rings. The van der Waals surface area contributed by atoms with Crippen LogP contribution in [0.3, 0.4) is 0 Å². The molecule has 1 atom stereocenters. The van der Waals surface area contributed by atoms with E-state index in [0.717, 1.165) is 31.4 Å². The van der Waals surface area contributed by atoms with Gasteiger partial charge in [0.15, 0.2) is 17.5 Å². The van der Waals surface area contributed by atoms with Crippen LogP contribution in [0.25, 0.3) is 0 Å². The summed E-state index contributed by atoms with van der Waals surface area (Å²) in [5.74, 6) is -4.17. The summed E-state index contributed by atoms with van der Waals surface area (Å²) in [5.41, 5.74) is 0.0549. The topological polar surface area (TPSA) is 32.3 Å². The van der Waals surface area contributed by atoms with E-state index in [0.29, 0.717) is 13.1 Å². The molecule has 0 saturated carbocycles. The number of rotatable bonds is 3. The Morgan fingerprint density at radius 3 is 2.25 bits per heavy atom. The molecule has 0 spiro atoms. The smallest absolute Gasteiger partial charge is 0.244 e. The van der Waals surface area contributed by atoms with Gasteiger partial charge in [0.1, 0.15) is 6.04 Å². The van der Waals surface area contributed by atoms with Gasteiger partial charge in [-0.1, -0.05) is 0 Å². The molecule has 6 heteroatoms. The molecule has 1 aromatic carbocycles. The third kappa shape index (κ3) is 3.23. The summed E-state index contributed by atoms with van der Waals surface area (Å²) in [6, 6.07) is 1.08. The van der Waals surface area contributed by atoms with Crippen LogP contribution in [0.5, 0.6) is 0 Å². The molecule has 0 bridgehead atoms. The van der Waals surface area contributed by atoms with E-state index in [4.69, 9.17) is 0 Å². The third-order valence-corrected chi connectivity index (χ3v) is 3.41. The van der Waals surface area contributed by atoms with E-state index < -0.39 is 23.5 Å². The highest BCUT2D eigenvalue weighted by atomic mass is 19.2. The molecule has 0 radical (unpaired) electrons. The monoisotopic (exact) mass is 286 g/mol. The van der Waals surface area contributed by atoms with E-state index in [9.17, 15) is 18.0 Å². The van der Waals surface area contributed by atoms with Crippen molar-refractivity contribution in [2.45, 2.75) is 32.2 Å². The molecule has 0 aliphatic carbocycles. The molecule has 0 aromatic heterocycles. The Balaban J connectivity index is 2.03. The van der Waals surface area contributed by atoms with Crippen molar-refractivity contribution in [3.63, 3.8) is 0 Å². The standard InChI is InChI=1S/C14H17F3N2O/c1-9(14(20)19-5-3-2-4-6-19)18-10-7-11(15)13(17)12(16)8-10/h7-9,18H,2-6H2,1H3. The van der Waals surface area contributed by atoms with Gasteiger partial charge < -0.3 is 10.2 Å². The maximum Gasteiger partial charge on any atom is 0.244 e. The van der Waals surface area contributed by atoms with Gasteiger partial charge in [-0.25, -0.2) is 13.2 Å².